The Balaban J connectivity index is 1.37. The topological polar surface area (TPSA) is 397 Å². The molecule has 0 heterocycles. The van der Waals surface area contributed by atoms with Crippen LogP contribution in [0.5, 0.6) is 5.75 Å². The van der Waals surface area contributed by atoms with Gasteiger partial charge in [0, 0.05) is 18.2 Å². The van der Waals surface area contributed by atoms with Crippen molar-refractivity contribution in [2.24, 2.45) is 35.7 Å². The van der Waals surface area contributed by atoms with Crippen molar-refractivity contribution in [2.45, 2.75) is 14.7 Å². The van der Waals surface area contributed by atoms with Gasteiger partial charge in [-0.1, -0.05) is 11.6 Å². The molecule has 0 amide bonds. The molecule has 8 N–H and O–H groups in total. The quantitative estimate of drug-likeness (QED) is 0.0186. The van der Waals surface area contributed by atoms with Crippen molar-refractivity contribution in [3.05, 3.63) is 118 Å². The van der Waals surface area contributed by atoms with Gasteiger partial charge in [-0.25, -0.2) is 4.99 Å². The summed E-state index contributed by atoms with van der Waals surface area (Å²) in [5, 5.41) is 72.8. The number of nitrogens with zero attached hydrogens (tertiary/aromatic N) is 9. The lowest BCUT2D eigenvalue weighted by Crippen LogP contribution is -2.12. The molecule has 0 aromatic heterocycles. The summed E-state index contributed by atoms with van der Waals surface area (Å²) in [6, 6.07) is 8.03. The fourth-order valence-electron chi connectivity index (χ4n) is 5.34. The van der Waals surface area contributed by atoms with E-state index in [0.717, 1.165) is 36.4 Å². The number of hydrogen-bond acceptors (Lipinski definition) is 20. The Labute approximate surface area is 357 Å². The number of hydrogen-bond donors (Lipinski definition) is 8. The van der Waals surface area contributed by atoms with Crippen LogP contribution in [0.2, 0.25) is 5.02 Å². The molecule has 0 saturated heterocycles. The molecule has 2 aliphatic carbocycles. The van der Waals surface area contributed by atoms with E-state index in [9.17, 15) is 74.8 Å². The maximum atomic E-state index is 12.9. The summed E-state index contributed by atoms with van der Waals surface area (Å²) < 4.78 is 100. The number of rotatable bonds is 11. The van der Waals surface area contributed by atoms with Gasteiger partial charge in [-0.15, -0.1) is 30.8 Å². The van der Waals surface area contributed by atoms with Crippen LogP contribution in [0.3, 0.4) is 0 Å². The number of phenols is 1. The smallest absolute Gasteiger partial charge is 0.388 e. The van der Waals surface area contributed by atoms with Crippen molar-refractivity contribution in [1.82, 2.24) is 0 Å². The summed E-state index contributed by atoms with van der Waals surface area (Å²) in [6.07, 6.45) is 6.94. The molecule has 0 unspecified atom stereocenters. The lowest BCUT2D eigenvalue weighted by Gasteiger charge is -2.12. The second-order valence-electron chi connectivity index (χ2n) is 12.4. The number of fused-ring (bicyclic) bond motifs is 1. The first kappa shape index (κ1) is 45.4. The van der Waals surface area contributed by atoms with Gasteiger partial charge in [0.25, 0.3) is 30.8 Å². The van der Waals surface area contributed by atoms with Gasteiger partial charge in [0.2, 0.25) is 5.78 Å². The molecule has 324 valence electrons. The minimum atomic E-state index is -5.28. The van der Waals surface area contributed by atoms with E-state index in [2.05, 4.69) is 35.7 Å². The number of halogens is 1. The van der Waals surface area contributed by atoms with Gasteiger partial charge in [-0.3, -0.25) is 34.4 Å². The maximum Gasteiger partial charge on any atom is 0.388 e. The average Bonchev–Trinajstić information content (AvgIpc) is 3.19. The zero-order chi connectivity index (χ0) is 46.2. The highest BCUT2D eigenvalue weighted by Crippen LogP contribution is 2.46. The van der Waals surface area contributed by atoms with Crippen LogP contribution >= 0.6 is 11.6 Å². The summed E-state index contributed by atoms with van der Waals surface area (Å²) in [5.74, 6) is -2.77. The van der Waals surface area contributed by atoms with E-state index in [1.54, 1.807) is 0 Å². The summed E-state index contributed by atoms with van der Waals surface area (Å²) in [7, 11) is -15.0. The Morgan fingerprint density at radius 3 is 2.02 bits per heavy atom. The van der Waals surface area contributed by atoms with Gasteiger partial charge in [-0.05, 0) is 76.4 Å². The van der Waals surface area contributed by atoms with E-state index >= 15 is 0 Å². The molecule has 4 aromatic carbocycles. The van der Waals surface area contributed by atoms with Gasteiger partial charge in [0.05, 0.1) is 49.1 Å². The van der Waals surface area contributed by atoms with Gasteiger partial charge in [-0.2, -0.15) is 31.0 Å². The van der Waals surface area contributed by atoms with Crippen LogP contribution in [0.15, 0.2) is 153 Å². The van der Waals surface area contributed by atoms with Crippen molar-refractivity contribution in [3.63, 3.8) is 0 Å². The predicted octanol–water partition coefficient (Wildman–Crippen LogP) is 7.09. The Morgan fingerprint density at radius 1 is 0.762 bits per heavy atom. The molecule has 0 aliphatic heterocycles. The third kappa shape index (κ3) is 10.3. The lowest BCUT2D eigenvalue weighted by atomic mass is 10.1. The maximum absolute atomic E-state index is 12.9. The van der Waals surface area contributed by atoms with Gasteiger partial charge in [0.1, 0.15) is 39.1 Å². The molecule has 0 atom stereocenters. The fraction of sp³-hybridized carbons (Fsp3) is 0. The Morgan fingerprint density at radius 2 is 1.41 bits per heavy atom. The molecular formula is C34H23ClN9O16S3+. The van der Waals surface area contributed by atoms with Crippen LogP contribution in [-0.2, 0) is 39.7 Å². The van der Waals surface area contributed by atoms with Crippen LogP contribution in [-0.4, -0.2) is 83.5 Å². The molecule has 0 fully saturated rings. The number of carbonyl (C=O) groups excluding carboxylic acids is 1. The number of allylic oxidation sites excluding steroid dienone is 6. The first-order valence-electron chi connectivity index (χ1n) is 16.6. The fourth-order valence-corrected chi connectivity index (χ4v) is 7.41. The molecule has 4 aromatic rings. The summed E-state index contributed by atoms with van der Waals surface area (Å²) in [4.78, 5) is 24.5. The van der Waals surface area contributed by atoms with E-state index in [1.165, 1.54) is 24.3 Å². The summed E-state index contributed by atoms with van der Waals surface area (Å²) >= 11 is 6.10. The number of nitro benzene ring substituents is 1. The molecule has 6 rings (SSSR count). The predicted molar refractivity (Wildman–Crippen MR) is 220 cm³/mol. The molecule has 25 nitrogen and oxygen atoms in total. The lowest BCUT2D eigenvalue weighted by molar-refractivity contribution is -0.385. The third-order valence-electron chi connectivity index (χ3n) is 8.23. The summed E-state index contributed by atoms with van der Waals surface area (Å²) in [5.41, 5.74) is -3.53. The highest BCUT2D eigenvalue weighted by molar-refractivity contribution is 7.92. The normalized spacial score (nSPS) is 15.4. The van der Waals surface area contributed by atoms with E-state index in [4.69, 9.17) is 11.6 Å². The number of aliphatic hydroxyl groups is 1. The highest BCUT2D eigenvalue weighted by atomic mass is 35.5. The second kappa shape index (κ2) is 17.3. The number of non-ortho nitro benzene ring substituents is 1. The molecule has 29 heteroatoms. The van der Waals surface area contributed by atoms with Crippen molar-refractivity contribution in [1.29, 1.82) is 0 Å². The highest BCUT2D eigenvalue weighted by Gasteiger charge is 2.33. The number of aliphatic imine (C=N–C) groups is 1. The van der Waals surface area contributed by atoms with E-state index in [-0.39, 0.29) is 44.4 Å². The minimum absolute atomic E-state index is 0.113. The summed E-state index contributed by atoms with van der Waals surface area (Å²) in [6.45, 7) is 0. The monoisotopic (exact) mass is 944 g/mol. The molecule has 63 heavy (non-hydrogen) atoms. The van der Waals surface area contributed by atoms with Crippen molar-refractivity contribution in [3.8, 4) is 5.75 Å². The Hall–Kier alpha value is -7.12. The Kier molecular flexibility index (Phi) is 12.5. The van der Waals surface area contributed by atoms with Crippen LogP contribution < -0.4 is 5.23 Å². The molecule has 0 radical (unpaired) electrons. The first-order chi connectivity index (χ1) is 29.4. The molecular weight excluding hydrogens is 922 g/mol. The van der Waals surface area contributed by atoms with Crippen LogP contribution in [0.25, 0.3) is 10.8 Å². The average molecular weight is 945 g/mol. The van der Waals surface area contributed by atoms with E-state index < -0.39 is 101 Å². The molecule has 2 aliphatic rings. The Bertz CT molecular complexity index is 3230. The van der Waals surface area contributed by atoms with Crippen LogP contribution in [0.4, 0.5) is 34.1 Å². The van der Waals surface area contributed by atoms with Crippen molar-refractivity contribution >= 4 is 110 Å². The molecule has 0 saturated carbocycles. The van der Waals surface area contributed by atoms with E-state index in [0.29, 0.717) is 30.3 Å². The number of benzene rings is 4. The van der Waals surface area contributed by atoms with Gasteiger partial charge >= 0.3 is 10.5 Å². The number of aromatic hydroxyl groups is 1. The zero-order valence-electron chi connectivity index (χ0n) is 30.6. The minimum Gasteiger partial charge on any atom is -0.505 e. The molecule has 0 spiro atoms. The number of azo groups is 2. The number of aliphatic hydroxyl groups excluding tert-OH is 1. The standard InChI is InChI=1S/C34H22ClN9O16S3/c35-22-11-19(43(48)49)5-7-23(22)38-42-33-31(63(58,59)60)10-16-9-21(61(52,53)54)13-27(32(16)34(33)47)41-40-26-14-25(28(45)15-29(26)46)39-37-18-3-1-17(2-4-18)36-24-8-6-20(44(50)51)12-30(24)62(55,56)57/h1-15,48-49H,(H5-,38,45,46,47,52,53,54,55,56,57,58,59,60)/p+1. The van der Waals surface area contributed by atoms with Crippen LogP contribution in [0, 0.1) is 10.1 Å². The van der Waals surface area contributed by atoms with Crippen LogP contribution in [0.1, 0.15) is 0 Å². The second-order valence-corrected chi connectivity index (χ2v) is 17.1. The third-order valence-corrected chi connectivity index (χ3v) is 11.1. The number of anilines is 1. The SMILES string of the molecule is O=C1C=C(O)C(=NN=C2C=CC(=Nc3ccc([N+](=O)[O-])cc3[S+](=O)(O)O)C=C2)C=C1N=Nc1cc(S(=O)(=O)O)cc2cc(S(=O)(=O)O)c(N=Nc3ccc(N(O)O)cc3Cl)c(O)c12. The number of carbonyl (C=O) groups is 1. The number of nitro groups is 1. The molecule has 0 bridgehead atoms. The van der Waals surface area contributed by atoms with Crippen molar-refractivity contribution in [2.75, 3.05) is 5.23 Å². The zero-order valence-corrected chi connectivity index (χ0v) is 33.8. The largest absolute Gasteiger partial charge is 0.505 e. The van der Waals surface area contributed by atoms with Gasteiger partial charge < -0.3 is 10.2 Å². The number of ketones is 1. The van der Waals surface area contributed by atoms with E-state index in [1.807, 2.05) is 0 Å². The van der Waals surface area contributed by atoms with Gasteiger partial charge in [0.15, 0.2) is 5.75 Å². The number of phenolic OH excluding ortho intramolecular Hbond substituents is 1. The first-order valence-corrected chi connectivity index (χ1v) is 21.3. The van der Waals surface area contributed by atoms with Crippen molar-refractivity contribution < 1.29 is 69.6 Å².